The van der Waals surface area contributed by atoms with Crippen molar-refractivity contribution in [2.45, 2.75) is 32.1 Å². The van der Waals surface area contributed by atoms with Gasteiger partial charge in [0.25, 0.3) is 0 Å². The molecule has 1 fully saturated rings. The number of ether oxygens (including phenoxy) is 1. The smallest absolute Gasteiger partial charge is 0.422 e. The van der Waals surface area contributed by atoms with Gasteiger partial charge in [-0.2, -0.15) is 13.2 Å². The Bertz CT molecular complexity index is 738. The SMILES string of the molecule is CCNC(=NCc1cccnc1OCC(F)(F)F)NC1CCS(=O)(=O)C1. The highest BCUT2D eigenvalue weighted by molar-refractivity contribution is 7.91. The lowest BCUT2D eigenvalue weighted by molar-refractivity contribution is -0.154. The van der Waals surface area contributed by atoms with Gasteiger partial charge in [-0.25, -0.2) is 18.4 Å². The summed E-state index contributed by atoms with van der Waals surface area (Å²) in [6.07, 6.45) is -2.63. The fourth-order valence-corrected chi connectivity index (χ4v) is 4.08. The van der Waals surface area contributed by atoms with E-state index in [1.54, 1.807) is 12.1 Å². The molecule has 2 rings (SSSR count). The van der Waals surface area contributed by atoms with E-state index in [0.29, 0.717) is 24.5 Å². The molecule has 26 heavy (non-hydrogen) atoms. The zero-order valence-corrected chi connectivity index (χ0v) is 15.0. The van der Waals surface area contributed by atoms with Crippen LogP contribution in [0.1, 0.15) is 18.9 Å². The van der Waals surface area contributed by atoms with Crippen LogP contribution < -0.4 is 15.4 Å². The monoisotopic (exact) mass is 394 g/mol. The Kier molecular flexibility index (Phi) is 6.68. The Morgan fingerprint density at radius 1 is 1.46 bits per heavy atom. The van der Waals surface area contributed by atoms with E-state index in [0.717, 1.165) is 0 Å². The van der Waals surface area contributed by atoms with Gasteiger partial charge >= 0.3 is 6.18 Å². The van der Waals surface area contributed by atoms with Gasteiger partial charge in [0.2, 0.25) is 5.88 Å². The molecule has 2 N–H and O–H groups in total. The second-order valence-corrected chi connectivity index (χ2v) is 8.04. The molecule has 1 atom stereocenters. The fraction of sp³-hybridized carbons (Fsp3) is 0.600. The van der Waals surface area contributed by atoms with Gasteiger partial charge in [0, 0.05) is 24.3 Å². The van der Waals surface area contributed by atoms with E-state index < -0.39 is 22.6 Å². The Balaban J connectivity index is 2.05. The minimum atomic E-state index is -4.46. The number of aliphatic imine (C=N–C) groups is 1. The van der Waals surface area contributed by atoms with E-state index in [2.05, 4.69) is 20.6 Å². The fourth-order valence-electron chi connectivity index (χ4n) is 2.41. The van der Waals surface area contributed by atoms with Crippen LogP contribution in [0.3, 0.4) is 0 Å². The maximum Gasteiger partial charge on any atom is 0.422 e. The van der Waals surface area contributed by atoms with Crippen molar-refractivity contribution in [3.05, 3.63) is 23.9 Å². The third kappa shape index (κ3) is 6.70. The molecule has 0 amide bonds. The summed E-state index contributed by atoms with van der Waals surface area (Å²) in [5.41, 5.74) is 0.396. The zero-order valence-electron chi connectivity index (χ0n) is 14.2. The topological polar surface area (TPSA) is 92.7 Å². The van der Waals surface area contributed by atoms with E-state index >= 15 is 0 Å². The molecule has 0 aliphatic carbocycles. The number of pyridine rings is 1. The molecule has 2 heterocycles. The van der Waals surface area contributed by atoms with Crippen LogP contribution in [0.25, 0.3) is 0 Å². The second kappa shape index (κ2) is 8.56. The summed E-state index contributed by atoms with van der Waals surface area (Å²) >= 11 is 0. The maximum atomic E-state index is 12.3. The molecule has 0 aromatic carbocycles. The number of guanidine groups is 1. The van der Waals surface area contributed by atoms with Crippen molar-refractivity contribution in [3.8, 4) is 5.88 Å². The molecule has 146 valence electrons. The molecule has 0 spiro atoms. The molecule has 0 radical (unpaired) electrons. The lowest BCUT2D eigenvalue weighted by atomic mass is 10.2. The molecule has 1 aromatic rings. The number of halogens is 3. The van der Waals surface area contributed by atoms with Crippen molar-refractivity contribution in [2.24, 2.45) is 4.99 Å². The summed E-state index contributed by atoms with van der Waals surface area (Å²) in [6.45, 7) is 1.01. The molecule has 1 unspecified atom stereocenters. The molecule has 11 heteroatoms. The molecule has 0 saturated carbocycles. The van der Waals surface area contributed by atoms with Gasteiger partial charge in [-0.15, -0.1) is 0 Å². The van der Waals surface area contributed by atoms with E-state index in [1.807, 2.05) is 6.92 Å². The first-order valence-corrected chi connectivity index (χ1v) is 9.89. The number of alkyl halides is 3. The average Bonchev–Trinajstić information content (AvgIpc) is 2.89. The summed E-state index contributed by atoms with van der Waals surface area (Å²) in [7, 11) is -3.03. The van der Waals surface area contributed by atoms with E-state index in [9.17, 15) is 21.6 Å². The molecule has 1 aliphatic rings. The van der Waals surface area contributed by atoms with Crippen molar-refractivity contribution in [1.29, 1.82) is 0 Å². The minimum Gasteiger partial charge on any atom is -0.468 e. The van der Waals surface area contributed by atoms with E-state index in [-0.39, 0.29) is 30.0 Å². The van der Waals surface area contributed by atoms with Crippen molar-refractivity contribution in [3.63, 3.8) is 0 Å². The van der Waals surface area contributed by atoms with Crippen LogP contribution in [-0.4, -0.2) is 56.2 Å². The van der Waals surface area contributed by atoms with Crippen molar-refractivity contribution in [1.82, 2.24) is 15.6 Å². The van der Waals surface area contributed by atoms with Gasteiger partial charge in [-0.3, -0.25) is 0 Å². The number of sulfone groups is 1. The Labute approximate surface area is 150 Å². The number of nitrogens with one attached hydrogen (secondary N) is 2. The number of nitrogens with zero attached hydrogens (tertiary/aromatic N) is 2. The molecule has 1 aromatic heterocycles. The van der Waals surface area contributed by atoms with Gasteiger partial charge in [-0.1, -0.05) is 6.07 Å². The van der Waals surface area contributed by atoms with E-state index in [1.165, 1.54) is 6.20 Å². The highest BCUT2D eigenvalue weighted by Crippen LogP contribution is 2.20. The lowest BCUT2D eigenvalue weighted by Crippen LogP contribution is -2.44. The molecular formula is C15H21F3N4O3S. The second-order valence-electron chi connectivity index (χ2n) is 5.81. The Hall–Kier alpha value is -2.04. The first-order valence-electron chi connectivity index (χ1n) is 8.07. The Morgan fingerprint density at radius 3 is 2.85 bits per heavy atom. The molecular weight excluding hydrogens is 373 g/mol. The van der Waals surface area contributed by atoms with Crippen LogP contribution >= 0.6 is 0 Å². The van der Waals surface area contributed by atoms with Crippen molar-refractivity contribution < 1.29 is 26.3 Å². The summed E-state index contributed by atoms with van der Waals surface area (Å²) in [6, 6.07) is 2.91. The quantitative estimate of drug-likeness (QED) is 0.558. The summed E-state index contributed by atoms with van der Waals surface area (Å²) in [4.78, 5) is 8.11. The maximum absolute atomic E-state index is 12.3. The van der Waals surface area contributed by atoms with Gasteiger partial charge in [0.15, 0.2) is 22.4 Å². The van der Waals surface area contributed by atoms with Crippen LogP contribution in [0.2, 0.25) is 0 Å². The number of hydrogen-bond donors (Lipinski definition) is 2. The van der Waals surface area contributed by atoms with Gasteiger partial charge in [0.05, 0.1) is 18.1 Å². The molecule has 1 aliphatic heterocycles. The highest BCUT2D eigenvalue weighted by atomic mass is 32.2. The first-order chi connectivity index (χ1) is 12.2. The predicted molar refractivity (Wildman–Crippen MR) is 90.8 cm³/mol. The average molecular weight is 394 g/mol. The normalized spacial score (nSPS) is 20.0. The molecule has 7 nitrogen and oxygen atoms in total. The predicted octanol–water partition coefficient (Wildman–Crippen LogP) is 1.26. The largest absolute Gasteiger partial charge is 0.468 e. The minimum absolute atomic E-state index is 0.0320. The lowest BCUT2D eigenvalue weighted by Gasteiger charge is -2.16. The van der Waals surface area contributed by atoms with Crippen LogP contribution in [0.4, 0.5) is 13.2 Å². The van der Waals surface area contributed by atoms with Gasteiger partial charge in [-0.05, 0) is 19.4 Å². The number of rotatable bonds is 6. The van der Waals surface area contributed by atoms with Gasteiger partial charge in [0.1, 0.15) is 0 Å². The third-order valence-electron chi connectivity index (χ3n) is 3.55. The van der Waals surface area contributed by atoms with Crippen molar-refractivity contribution >= 4 is 15.8 Å². The Morgan fingerprint density at radius 2 is 2.23 bits per heavy atom. The van der Waals surface area contributed by atoms with Crippen LogP contribution in [-0.2, 0) is 16.4 Å². The summed E-state index contributed by atoms with van der Waals surface area (Å²) in [5, 5.41) is 6.02. The number of hydrogen-bond acceptors (Lipinski definition) is 5. The summed E-state index contributed by atoms with van der Waals surface area (Å²) < 4.78 is 64.8. The zero-order chi connectivity index (χ0) is 19.2. The van der Waals surface area contributed by atoms with Crippen LogP contribution in [0, 0.1) is 0 Å². The summed E-state index contributed by atoms with van der Waals surface area (Å²) in [5.74, 6) is 0.417. The van der Waals surface area contributed by atoms with E-state index in [4.69, 9.17) is 4.74 Å². The first kappa shape index (κ1) is 20.3. The standard InChI is InChI=1S/C15H21F3N4O3S/c1-2-19-14(22-12-5-7-26(23,24)9-12)21-8-11-4-3-6-20-13(11)25-10-15(16,17)18/h3-4,6,12H,2,5,7-10H2,1H3,(H2,19,21,22). The molecule has 0 bridgehead atoms. The van der Waals surface area contributed by atoms with Crippen molar-refractivity contribution in [2.75, 3.05) is 24.7 Å². The highest BCUT2D eigenvalue weighted by Gasteiger charge is 2.29. The van der Waals surface area contributed by atoms with Gasteiger partial charge < -0.3 is 15.4 Å². The third-order valence-corrected chi connectivity index (χ3v) is 5.32. The molecule has 1 saturated heterocycles. The van der Waals surface area contributed by atoms with Crippen LogP contribution in [0.5, 0.6) is 5.88 Å². The number of aromatic nitrogens is 1. The van der Waals surface area contributed by atoms with Crippen LogP contribution in [0.15, 0.2) is 23.3 Å².